The molecule has 0 aliphatic carbocycles. The summed E-state index contributed by atoms with van der Waals surface area (Å²) in [5, 5.41) is 0.821. The Hall–Kier alpha value is -0.0900. The molecule has 0 radical (unpaired) electrons. The van der Waals surface area contributed by atoms with Crippen molar-refractivity contribution in [2.24, 2.45) is 11.8 Å². The molecular formula is C11H20BrNO2. The number of halogens is 1. The third kappa shape index (κ3) is 2.72. The van der Waals surface area contributed by atoms with Crippen LogP contribution in [0.5, 0.6) is 0 Å². The highest BCUT2D eigenvalue weighted by Crippen LogP contribution is 2.33. The molecule has 0 saturated carbocycles. The molecular weight excluding hydrogens is 258 g/mol. The van der Waals surface area contributed by atoms with Crippen molar-refractivity contribution in [3.63, 3.8) is 0 Å². The first-order valence-corrected chi connectivity index (χ1v) is 6.57. The molecule has 3 nitrogen and oxygen atoms in total. The molecule has 0 spiro atoms. The van der Waals surface area contributed by atoms with E-state index in [1.807, 2.05) is 20.9 Å². The molecule has 15 heavy (non-hydrogen) atoms. The van der Waals surface area contributed by atoms with Gasteiger partial charge in [0, 0.05) is 18.9 Å². The topological polar surface area (TPSA) is 29.5 Å². The first-order chi connectivity index (χ1) is 6.99. The van der Waals surface area contributed by atoms with E-state index in [2.05, 4.69) is 22.9 Å². The van der Waals surface area contributed by atoms with Gasteiger partial charge < -0.3 is 9.64 Å². The predicted molar refractivity (Wildman–Crippen MR) is 64.1 cm³/mol. The van der Waals surface area contributed by atoms with Crippen LogP contribution in [0.3, 0.4) is 0 Å². The van der Waals surface area contributed by atoms with Crippen molar-refractivity contribution in [1.29, 1.82) is 0 Å². The number of hydrogen-bond donors (Lipinski definition) is 0. The smallest absolute Gasteiger partial charge is 0.228 e. The minimum atomic E-state index is 0.0176. The second kappa shape index (κ2) is 5.30. The Morgan fingerprint density at radius 2 is 1.93 bits per heavy atom. The molecule has 1 aliphatic rings. The van der Waals surface area contributed by atoms with E-state index >= 15 is 0 Å². The number of carbonyl (C=O) groups excluding carboxylic acids is 1. The average Bonchev–Trinajstić information content (AvgIpc) is 2.41. The van der Waals surface area contributed by atoms with E-state index in [0.29, 0.717) is 5.92 Å². The minimum Gasteiger partial charge on any atom is -0.374 e. The van der Waals surface area contributed by atoms with Crippen molar-refractivity contribution >= 4 is 21.8 Å². The Balaban J connectivity index is 2.66. The highest BCUT2D eigenvalue weighted by molar-refractivity contribution is 9.09. The fourth-order valence-corrected chi connectivity index (χ4v) is 2.72. The lowest BCUT2D eigenvalue weighted by Crippen LogP contribution is -2.39. The molecule has 0 aromatic heterocycles. The van der Waals surface area contributed by atoms with Crippen molar-refractivity contribution < 1.29 is 9.53 Å². The fraction of sp³-hybridized carbons (Fsp3) is 0.909. The van der Waals surface area contributed by atoms with Crippen molar-refractivity contribution in [3.05, 3.63) is 0 Å². The van der Waals surface area contributed by atoms with Gasteiger partial charge >= 0.3 is 0 Å². The zero-order valence-corrected chi connectivity index (χ0v) is 11.5. The number of alkyl halides is 1. The molecule has 0 N–H and O–H groups in total. The van der Waals surface area contributed by atoms with Crippen LogP contribution >= 0.6 is 15.9 Å². The van der Waals surface area contributed by atoms with Crippen molar-refractivity contribution in [2.75, 3.05) is 18.9 Å². The fourth-order valence-electron chi connectivity index (χ4n) is 2.18. The average molecular weight is 278 g/mol. The normalized spacial score (nSPS) is 35.5. The molecule has 4 atom stereocenters. The molecule has 4 unspecified atom stereocenters. The Labute approximate surface area is 100 Å². The highest BCUT2D eigenvalue weighted by atomic mass is 79.9. The standard InChI is InChI=1S/C11H20BrNO2/c1-7-8(2)15-9(3)10(7)11(14)13(4)6-5-12/h7-10H,5-6H2,1-4H3. The summed E-state index contributed by atoms with van der Waals surface area (Å²) in [6, 6.07) is 0. The maximum absolute atomic E-state index is 12.1. The number of rotatable bonds is 3. The van der Waals surface area contributed by atoms with Gasteiger partial charge in [-0.3, -0.25) is 4.79 Å². The lowest BCUT2D eigenvalue weighted by molar-refractivity contribution is -0.136. The van der Waals surface area contributed by atoms with Gasteiger partial charge in [-0.1, -0.05) is 22.9 Å². The molecule has 0 bridgehead atoms. The van der Waals surface area contributed by atoms with Gasteiger partial charge in [0.2, 0.25) is 5.91 Å². The molecule has 88 valence electrons. The molecule has 1 fully saturated rings. The molecule has 4 heteroatoms. The Morgan fingerprint density at radius 3 is 2.33 bits per heavy atom. The number of nitrogens with zero attached hydrogens (tertiary/aromatic N) is 1. The SMILES string of the molecule is CC1OC(C)C(C(=O)N(C)CCBr)C1C. The van der Waals surface area contributed by atoms with Crippen LogP contribution < -0.4 is 0 Å². The second-order valence-corrected chi connectivity index (χ2v) is 5.17. The van der Waals surface area contributed by atoms with Crippen molar-refractivity contribution in [1.82, 2.24) is 4.90 Å². The van der Waals surface area contributed by atoms with Gasteiger partial charge in [0.05, 0.1) is 18.1 Å². The number of amides is 1. The van der Waals surface area contributed by atoms with E-state index in [9.17, 15) is 4.79 Å². The van der Waals surface area contributed by atoms with Crippen molar-refractivity contribution in [2.45, 2.75) is 33.0 Å². The molecule has 1 amide bonds. The zero-order chi connectivity index (χ0) is 11.6. The quantitative estimate of drug-likeness (QED) is 0.738. The van der Waals surface area contributed by atoms with Crippen LogP contribution in [0.15, 0.2) is 0 Å². The number of carbonyl (C=O) groups is 1. The van der Waals surface area contributed by atoms with Crippen LogP contribution in [0.25, 0.3) is 0 Å². The molecule has 0 aromatic carbocycles. The van der Waals surface area contributed by atoms with E-state index < -0.39 is 0 Å². The molecule has 1 heterocycles. The molecule has 1 rings (SSSR count). The van der Waals surface area contributed by atoms with E-state index in [-0.39, 0.29) is 24.0 Å². The summed E-state index contributed by atoms with van der Waals surface area (Å²) in [4.78, 5) is 13.9. The molecule has 1 aliphatic heterocycles. The first-order valence-electron chi connectivity index (χ1n) is 5.45. The Kier molecular flexibility index (Phi) is 4.59. The van der Waals surface area contributed by atoms with Crippen LogP contribution in [0, 0.1) is 11.8 Å². The number of ether oxygens (including phenoxy) is 1. The van der Waals surface area contributed by atoms with E-state index in [0.717, 1.165) is 11.9 Å². The van der Waals surface area contributed by atoms with Crippen LogP contribution in [0.4, 0.5) is 0 Å². The summed E-state index contributed by atoms with van der Waals surface area (Å²) < 4.78 is 5.68. The van der Waals surface area contributed by atoms with Gasteiger partial charge in [0.25, 0.3) is 0 Å². The van der Waals surface area contributed by atoms with E-state index in [4.69, 9.17) is 4.74 Å². The second-order valence-electron chi connectivity index (χ2n) is 4.38. The van der Waals surface area contributed by atoms with Crippen LogP contribution in [0.2, 0.25) is 0 Å². The lowest BCUT2D eigenvalue weighted by Gasteiger charge is -2.24. The lowest BCUT2D eigenvalue weighted by atomic mass is 9.88. The van der Waals surface area contributed by atoms with E-state index in [1.54, 1.807) is 4.90 Å². The minimum absolute atomic E-state index is 0.0176. The largest absolute Gasteiger partial charge is 0.374 e. The third-order valence-electron chi connectivity index (χ3n) is 3.32. The monoisotopic (exact) mass is 277 g/mol. The van der Waals surface area contributed by atoms with Gasteiger partial charge in [-0.15, -0.1) is 0 Å². The maximum Gasteiger partial charge on any atom is 0.228 e. The van der Waals surface area contributed by atoms with E-state index in [1.165, 1.54) is 0 Å². The number of hydrogen-bond acceptors (Lipinski definition) is 2. The van der Waals surface area contributed by atoms with Crippen molar-refractivity contribution in [3.8, 4) is 0 Å². The van der Waals surface area contributed by atoms with Crippen LogP contribution in [-0.2, 0) is 9.53 Å². The Morgan fingerprint density at radius 1 is 1.33 bits per heavy atom. The molecule has 0 aromatic rings. The van der Waals surface area contributed by atoms with Gasteiger partial charge in [-0.2, -0.15) is 0 Å². The Bertz CT molecular complexity index is 235. The summed E-state index contributed by atoms with van der Waals surface area (Å²) in [6.07, 6.45) is 0.228. The first kappa shape index (κ1) is 13.0. The summed E-state index contributed by atoms with van der Waals surface area (Å²) >= 11 is 3.34. The highest BCUT2D eigenvalue weighted by Gasteiger charge is 2.42. The van der Waals surface area contributed by atoms with Gasteiger partial charge in [-0.25, -0.2) is 0 Å². The maximum atomic E-state index is 12.1. The van der Waals surface area contributed by atoms with Crippen LogP contribution in [0.1, 0.15) is 20.8 Å². The summed E-state index contributed by atoms with van der Waals surface area (Å²) in [6.45, 7) is 6.88. The van der Waals surface area contributed by atoms with Crippen LogP contribution in [-0.4, -0.2) is 41.9 Å². The third-order valence-corrected chi connectivity index (χ3v) is 3.68. The predicted octanol–water partition coefficient (Wildman–Crippen LogP) is 1.90. The van der Waals surface area contributed by atoms with Gasteiger partial charge in [-0.05, 0) is 19.8 Å². The summed E-state index contributed by atoms with van der Waals surface area (Å²) in [7, 11) is 1.85. The summed E-state index contributed by atoms with van der Waals surface area (Å²) in [5.74, 6) is 0.535. The zero-order valence-electron chi connectivity index (χ0n) is 9.87. The van der Waals surface area contributed by atoms with Gasteiger partial charge in [0.15, 0.2) is 0 Å². The summed E-state index contributed by atoms with van der Waals surface area (Å²) in [5.41, 5.74) is 0. The van der Waals surface area contributed by atoms with Gasteiger partial charge in [0.1, 0.15) is 0 Å². The molecule has 1 saturated heterocycles.